The van der Waals surface area contributed by atoms with E-state index in [9.17, 15) is 18.4 Å². The van der Waals surface area contributed by atoms with Gasteiger partial charge in [-0.25, -0.2) is 8.78 Å². The average molecular weight is 490 g/mol. The number of nitrogens with zero attached hydrogens (tertiary/aromatic N) is 1. The van der Waals surface area contributed by atoms with Crippen LogP contribution in [0.4, 0.5) is 14.5 Å². The molecule has 2 aliphatic rings. The van der Waals surface area contributed by atoms with Crippen molar-refractivity contribution in [3.63, 3.8) is 0 Å². The van der Waals surface area contributed by atoms with Crippen LogP contribution in [0.2, 0.25) is 5.02 Å². The molecule has 0 spiro atoms. The van der Waals surface area contributed by atoms with Crippen molar-refractivity contribution in [2.24, 2.45) is 5.92 Å². The van der Waals surface area contributed by atoms with E-state index in [1.807, 2.05) is 24.3 Å². The maximum absolute atomic E-state index is 13.3. The van der Waals surface area contributed by atoms with Crippen LogP contribution in [0.3, 0.4) is 0 Å². The lowest BCUT2D eigenvalue weighted by Gasteiger charge is -2.33. The SMILES string of the molecule is O=C(Nc1cccc(CN2CCC(C(=O)NC3CCC(F)(F)CC3)CC2)c1)c1ccc(Cl)cc1. The smallest absolute Gasteiger partial charge is 0.255 e. The van der Waals surface area contributed by atoms with Crippen molar-refractivity contribution in [2.45, 2.75) is 57.0 Å². The van der Waals surface area contributed by atoms with E-state index >= 15 is 0 Å². The standard InChI is InChI=1S/C26H30ClF2N3O2/c27-21-6-4-19(5-7-21)24(33)31-23-3-1-2-18(16-23)17-32-14-10-20(11-15-32)25(34)30-22-8-12-26(28,29)13-9-22/h1-7,16,20,22H,8-15,17H2,(H,30,34)(H,31,33). The summed E-state index contributed by atoms with van der Waals surface area (Å²) in [5.41, 5.74) is 2.35. The minimum atomic E-state index is -2.58. The molecule has 1 aliphatic carbocycles. The number of hydrogen-bond acceptors (Lipinski definition) is 3. The van der Waals surface area contributed by atoms with Gasteiger partial charge >= 0.3 is 0 Å². The number of piperidine rings is 1. The second kappa shape index (κ2) is 10.8. The summed E-state index contributed by atoms with van der Waals surface area (Å²) in [5, 5.41) is 6.50. The molecule has 1 aliphatic heterocycles. The first kappa shape index (κ1) is 24.6. The first-order valence-electron chi connectivity index (χ1n) is 11.8. The Morgan fingerprint density at radius 3 is 2.35 bits per heavy atom. The number of halogens is 3. The molecule has 0 aromatic heterocycles. The van der Waals surface area contributed by atoms with Gasteiger partial charge in [-0.2, -0.15) is 0 Å². The molecule has 2 N–H and O–H groups in total. The van der Waals surface area contributed by atoms with Crippen LogP contribution in [0.25, 0.3) is 0 Å². The molecular weight excluding hydrogens is 460 g/mol. The van der Waals surface area contributed by atoms with Gasteiger partial charge in [0.25, 0.3) is 5.91 Å². The number of anilines is 1. The third-order valence-electron chi connectivity index (χ3n) is 6.72. The molecule has 1 saturated carbocycles. The Bertz CT molecular complexity index is 997. The van der Waals surface area contributed by atoms with E-state index in [4.69, 9.17) is 11.6 Å². The maximum Gasteiger partial charge on any atom is 0.255 e. The van der Waals surface area contributed by atoms with Gasteiger partial charge in [0.1, 0.15) is 0 Å². The summed E-state index contributed by atoms with van der Waals surface area (Å²) in [5.74, 6) is -2.84. The summed E-state index contributed by atoms with van der Waals surface area (Å²) in [6.07, 6.45) is 1.92. The van der Waals surface area contributed by atoms with Gasteiger partial charge in [-0.05, 0) is 80.7 Å². The largest absolute Gasteiger partial charge is 0.353 e. The van der Waals surface area contributed by atoms with E-state index in [2.05, 4.69) is 15.5 Å². The van der Waals surface area contributed by atoms with E-state index in [0.717, 1.165) is 43.7 Å². The Morgan fingerprint density at radius 1 is 1.00 bits per heavy atom. The summed E-state index contributed by atoms with van der Waals surface area (Å²) >= 11 is 5.89. The summed E-state index contributed by atoms with van der Waals surface area (Å²) in [6, 6.07) is 14.4. The Labute approximate surface area is 203 Å². The molecule has 5 nitrogen and oxygen atoms in total. The minimum Gasteiger partial charge on any atom is -0.353 e. The first-order valence-corrected chi connectivity index (χ1v) is 12.2. The van der Waals surface area contributed by atoms with Crippen LogP contribution in [0.1, 0.15) is 54.4 Å². The van der Waals surface area contributed by atoms with Crippen LogP contribution in [-0.4, -0.2) is 41.8 Å². The normalized spacial score (nSPS) is 19.5. The number of nitrogens with one attached hydrogen (secondary N) is 2. The summed E-state index contributed by atoms with van der Waals surface area (Å²) in [7, 11) is 0. The topological polar surface area (TPSA) is 61.4 Å². The molecule has 1 heterocycles. The highest BCUT2D eigenvalue weighted by atomic mass is 35.5. The number of carbonyl (C=O) groups is 2. The lowest BCUT2D eigenvalue weighted by molar-refractivity contribution is -0.128. The van der Waals surface area contributed by atoms with Gasteiger partial charge in [-0.1, -0.05) is 23.7 Å². The van der Waals surface area contributed by atoms with Gasteiger partial charge in [0, 0.05) is 47.6 Å². The van der Waals surface area contributed by atoms with Crippen molar-refractivity contribution in [3.8, 4) is 0 Å². The van der Waals surface area contributed by atoms with Crippen LogP contribution in [0, 0.1) is 5.92 Å². The van der Waals surface area contributed by atoms with Crippen LogP contribution in [-0.2, 0) is 11.3 Å². The Balaban J connectivity index is 1.23. The van der Waals surface area contributed by atoms with Crippen molar-refractivity contribution in [1.29, 1.82) is 0 Å². The van der Waals surface area contributed by atoms with Crippen LogP contribution in [0.15, 0.2) is 48.5 Å². The van der Waals surface area contributed by atoms with E-state index < -0.39 is 5.92 Å². The fourth-order valence-electron chi connectivity index (χ4n) is 4.67. The molecule has 34 heavy (non-hydrogen) atoms. The number of rotatable bonds is 6. The second-order valence-electron chi connectivity index (χ2n) is 9.35. The lowest BCUT2D eigenvalue weighted by Crippen LogP contribution is -2.45. The Hall–Kier alpha value is -2.51. The van der Waals surface area contributed by atoms with Crippen molar-refractivity contribution >= 4 is 29.1 Å². The average Bonchev–Trinajstić information content (AvgIpc) is 2.81. The zero-order chi connectivity index (χ0) is 24.1. The number of amides is 2. The highest BCUT2D eigenvalue weighted by Crippen LogP contribution is 2.33. The van der Waals surface area contributed by atoms with Crippen LogP contribution >= 0.6 is 11.6 Å². The van der Waals surface area contributed by atoms with E-state index in [1.54, 1.807) is 24.3 Å². The highest BCUT2D eigenvalue weighted by Gasteiger charge is 2.36. The molecule has 0 unspecified atom stereocenters. The predicted molar refractivity (Wildman–Crippen MR) is 129 cm³/mol. The van der Waals surface area contributed by atoms with E-state index in [-0.39, 0.29) is 36.6 Å². The van der Waals surface area contributed by atoms with Crippen molar-refractivity contribution in [1.82, 2.24) is 10.2 Å². The zero-order valence-electron chi connectivity index (χ0n) is 19.0. The minimum absolute atomic E-state index is 0.00164. The molecule has 2 aromatic carbocycles. The summed E-state index contributed by atoms with van der Waals surface area (Å²) < 4.78 is 26.7. The molecule has 182 valence electrons. The monoisotopic (exact) mass is 489 g/mol. The quantitative estimate of drug-likeness (QED) is 0.563. The molecule has 0 bridgehead atoms. The number of alkyl halides is 2. The van der Waals surface area contributed by atoms with Crippen LogP contribution in [0.5, 0.6) is 0 Å². The van der Waals surface area contributed by atoms with Gasteiger partial charge in [-0.15, -0.1) is 0 Å². The van der Waals surface area contributed by atoms with E-state index in [1.165, 1.54) is 0 Å². The molecule has 1 saturated heterocycles. The molecule has 0 atom stereocenters. The summed E-state index contributed by atoms with van der Waals surface area (Å²) in [4.78, 5) is 27.4. The fraction of sp³-hybridized carbons (Fsp3) is 0.462. The Kier molecular flexibility index (Phi) is 7.84. The van der Waals surface area contributed by atoms with Crippen molar-refractivity contribution in [3.05, 3.63) is 64.7 Å². The molecule has 2 amide bonds. The van der Waals surface area contributed by atoms with Crippen molar-refractivity contribution in [2.75, 3.05) is 18.4 Å². The molecule has 8 heteroatoms. The van der Waals surface area contributed by atoms with Gasteiger partial charge in [0.15, 0.2) is 0 Å². The first-order chi connectivity index (χ1) is 16.3. The van der Waals surface area contributed by atoms with Gasteiger partial charge in [0.2, 0.25) is 11.8 Å². The third kappa shape index (κ3) is 6.76. The fourth-order valence-corrected chi connectivity index (χ4v) is 4.79. The van der Waals surface area contributed by atoms with E-state index in [0.29, 0.717) is 23.4 Å². The van der Waals surface area contributed by atoms with Crippen LogP contribution < -0.4 is 10.6 Å². The Morgan fingerprint density at radius 2 is 1.68 bits per heavy atom. The zero-order valence-corrected chi connectivity index (χ0v) is 19.8. The molecule has 0 radical (unpaired) electrons. The third-order valence-corrected chi connectivity index (χ3v) is 6.97. The van der Waals surface area contributed by atoms with Crippen molar-refractivity contribution < 1.29 is 18.4 Å². The lowest BCUT2D eigenvalue weighted by atomic mass is 9.90. The highest BCUT2D eigenvalue weighted by molar-refractivity contribution is 6.30. The number of hydrogen-bond donors (Lipinski definition) is 2. The molecule has 2 aromatic rings. The second-order valence-corrected chi connectivity index (χ2v) is 9.79. The summed E-state index contributed by atoms with van der Waals surface area (Å²) in [6.45, 7) is 2.32. The van der Waals surface area contributed by atoms with Gasteiger partial charge < -0.3 is 10.6 Å². The molecule has 4 rings (SSSR count). The molecule has 2 fully saturated rings. The number of carbonyl (C=O) groups excluding carboxylic acids is 2. The number of likely N-dealkylation sites (tertiary alicyclic amines) is 1. The number of benzene rings is 2. The molecular formula is C26H30ClF2N3O2. The van der Waals surface area contributed by atoms with Gasteiger partial charge in [-0.3, -0.25) is 14.5 Å². The van der Waals surface area contributed by atoms with Gasteiger partial charge in [0.05, 0.1) is 0 Å². The maximum atomic E-state index is 13.3. The predicted octanol–water partition coefficient (Wildman–Crippen LogP) is 5.50.